The number of nitrogens with one attached hydrogen (secondary N) is 3. The van der Waals surface area contributed by atoms with Crippen molar-refractivity contribution in [2.45, 2.75) is 57.5 Å². The SMILES string of the molecule is CCCCCCCCN1CCN(C(=O)NC(C(=O)NC2CN(S(=O)(=O)O)C2=O)c2csc(NC(=O)CCl)n2)C(=O)C1=O.[NaH]. The molecule has 3 rings (SSSR count). The van der Waals surface area contributed by atoms with Crippen LogP contribution in [0.15, 0.2) is 5.38 Å². The molecule has 0 bridgehead atoms. The monoisotopic (exact) mass is 673 g/mol. The Labute approximate surface area is 279 Å². The van der Waals surface area contributed by atoms with Gasteiger partial charge >= 0.3 is 57.7 Å². The number of hydrogen-bond acceptors (Lipinski definition) is 10. The number of amides is 7. The Kier molecular flexibility index (Phi) is 14.3. The molecule has 4 N–H and O–H groups in total. The third kappa shape index (κ3) is 9.82. The molecule has 0 saturated carbocycles. The molecule has 2 saturated heterocycles. The summed E-state index contributed by atoms with van der Waals surface area (Å²) in [5.41, 5.74) is -0.0883. The predicted octanol–water partition coefficient (Wildman–Crippen LogP) is -0.416. The summed E-state index contributed by atoms with van der Waals surface area (Å²) in [6, 6.07) is -4.03. The number of aromatic nitrogens is 1. The fourth-order valence-electron chi connectivity index (χ4n) is 4.23. The molecule has 1 aromatic heterocycles. The molecule has 0 radical (unpaired) electrons. The number of halogens is 1. The quantitative estimate of drug-likeness (QED) is 0.0500. The fraction of sp³-hybridized carbons (Fsp3) is 0.609. The zero-order valence-corrected chi connectivity index (χ0v) is 25.1. The van der Waals surface area contributed by atoms with Gasteiger partial charge in [-0.05, 0) is 6.42 Å². The summed E-state index contributed by atoms with van der Waals surface area (Å²) in [7, 11) is -4.81. The van der Waals surface area contributed by atoms with Crippen molar-refractivity contribution < 1.29 is 41.7 Å². The Bertz CT molecular complexity index is 1330. The molecule has 2 aliphatic heterocycles. The molecule has 2 unspecified atom stereocenters. The van der Waals surface area contributed by atoms with Crippen LogP contribution in [0.1, 0.15) is 57.2 Å². The van der Waals surface area contributed by atoms with E-state index in [0.29, 0.717) is 11.4 Å². The van der Waals surface area contributed by atoms with Crippen LogP contribution in [0.4, 0.5) is 9.93 Å². The number of alkyl halides is 1. The van der Waals surface area contributed by atoms with E-state index in [4.69, 9.17) is 16.2 Å². The van der Waals surface area contributed by atoms with E-state index in [1.807, 2.05) is 0 Å². The summed E-state index contributed by atoms with van der Waals surface area (Å²) in [6.07, 6.45) is 5.99. The molecule has 43 heavy (non-hydrogen) atoms. The van der Waals surface area contributed by atoms with Gasteiger partial charge in [0.1, 0.15) is 11.9 Å². The first-order valence-electron chi connectivity index (χ1n) is 13.2. The standard InChI is InChI=1S/C23H32ClN7O9S2.Na.H/c1-2-3-4-5-6-7-8-29-9-10-30(21(36)20(29)35)23(37)28-17(15-13-41-22(26-15)27-16(32)11-24)18(33)25-14-12-31(19(14)34)42(38,39)40;;/h13-14,17H,2-12H2,1H3,(H,25,33)(H,28,37)(H,26,27,32)(H,38,39,40);;. The third-order valence-electron chi connectivity index (χ3n) is 6.54. The van der Waals surface area contributed by atoms with Gasteiger partial charge in [0.2, 0.25) is 11.8 Å². The zero-order valence-electron chi connectivity index (χ0n) is 22.7. The van der Waals surface area contributed by atoms with Crippen LogP contribution in [0.3, 0.4) is 0 Å². The number of anilines is 1. The Morgan fingerprint density at radius 3 is 2.42 bits per heavy atom. The van der Waals surface area contributed by atoms with Crippen molar-refractivity contribution in [1.82, 2.24) is 29.7 Å². The number of imide groups is 1. The summed E-state index contributed by atoms with van der Waals surface area (Å²) in [6.45, 7) is 1.92. The first-order valence-corrected chi connectivity index (χ1v) is 16.0. The van der Waals surface area contributed by atoms with Gasteiger partial charge in [0.25, 0.3) is 5.91 Å². The van der Waals surface area contributed by atoms with Crippen molar-refractivity contribution in [3.8, 4) is 0 Å². The van der Waals surface area contributed by atoms with Gasteiger partial charge in [-0.2, -0.15) is 8.42 Å². The minimum absolute atomic E-state index is 0. The van der Waals surface area contributed by atoms with Gasteiger partial charge in [-0.15, -0.1) is 22.9 Å². The van der Waals surface area contributed by atoms with E-state index in [9.17, 15) is 37.2 Å². The molecule has 16 nitrogen and oxygen atoms in total. The Hall–Kier alpha value is -2.35. The van der Waals surface area contributed by atoms with E-state index in [0.717, 1.165) is 49.9 Å². The molecule has 0 aliphatic carbocycles. The number of rotatable bonds is 14. The first-order chi connectivity index (χ1) is 19.9. The predicted molar refractivity (Wildman–Crippen MR) is 157 cm³/mol. The first kappa shape index (κ1) is 36.8. The van der Waals surface area contributed by atoms with Crippen LogP contribution in [0, 0.1) is 0 Å². The van der Waals surface area contributed by atoms with Gasteiger partial charge in [-0.25, -0.2) is 14.1 Å². The number of unbranched alkanes of at least 4 members (excludes halogenated alkanes) is 5. The molecule has 234 valence electrons. The Morgan fingerprint density at radius 1 is 1.12 bits per heavy atom. The van der Waals surface area contributed by atoms with Crippen molar-refractivity contribution >= 4 is 103 Å². The number of hydrogen-bond donors (Lipinski definition) is 4. The summed E-state index contributed by atoms with van der Waals surface area (Å²) in [4.78, 5) is 81.5. The van der Waals surface area contributed by atoms with Crippen LogP contribution in [0.2, 0.25) is 0 Å². The topological polar surface area (TPSA) is 215 Å². The van der Waals surface area contributed by atoms with E-state index >= 15 is 0 Å². The molecule has 2 atom stereocenters. The van der Waals surface area contributed by atoms with Crippen LogP contribution in [0.5, 0.6) is 0 Å². The molecule has 3 heterocycles. The Balaban J connectivity index is 0.00000645. The van der Waals surface area contributed by atoms with Crippen LogP contribution < -0.4 is 16.0 Å². The average molecular weight is 674 g/mol. The average Bonchev–Trinajstić information content (AvgIpc) is 3.40. The Morgan fingerprint density at radius 2 is 1.79 bits per heavy atom. The normalized spacial score (nSPS) is 17.6. The second-order valence-electron chi connectivity index (χ2n) is 9.57. The van der Waals surface area contributed by atoms with Crippen LogP contribution in [0.25, 0.3) is 0 Å². The van der Waals surface area contributed by atoms with Gasteiger partial charge in [0.05, 0.1) is 12.2 Å². The van der Waals surface area contributed by atoms with E-state index in [2.05, 4.69) is 27.9 Å². The summed E-state index contributed by atoms with van der Waals surface area (Å²) >= 11 is 6.38. The minimum atomic E-state index is -4.81. The molecule has 0 spiro atoms. The maximum atomic E-state index is 13.1. The molecule has 0 aromatic carbocycles. The molecular formula is C23H33ClN7NaO9S2. The van der Waals surface area contributed by atoms with Crippen molar-refractivity contribution in [2.75, 3.05) is 37.4 Å². The van der Waals surface area contributed by atoms with Crippen LogP contribution in [-0.4, -0.2) is 135 Å². The molecule has 7 amide bonds. The van der Waals surface area contributed by atoms with Gasteiger partial charge in [-0.3, -0.25) is 33.4 Å². The van der Waals surface area contributed by atoms with Gasteiger partial charge in [0.15, 0.2) is 11.2 Å². The number of nitrogens with zero attached hydrogens (tertiary/aromatic N) is 4. The van der Waals surface area contributed by atoms with Gasteiger partial charge in [0, 0.05) is 25.0 Å². The summed E-state index contributed by atoms with van der Waals surface area (Å²) < 4.78 is 31.6. The van der Waals surface area contributed by atoms with E-state index in [1.165, 1.54) is 10.3 Å². The summed E-state index contributed by atoms with van der Waals surface area (Å²) in [5, 5.41) is 8.34. The van der Waals surface area contributed by atoms with Crippen molar-refractivity contribution in [3.05, 3.63) is 11.1 Å². The van der Waals surface area contributed by atoms with E-state index in [-0.39, 0.29) is 63.7 Å². The van der Waals surface area contributed by atoms with Gasteiger partial charge in [-0.1, -0.05) is 39.0 Å². The second-order valence-corrected chi connectivity index (χ2v) is 12.0. The van der Waals surface area contributed by atoms with E-state index in [1.54, 1.807) is 0 Å². The third-order valence-corrected chi connectivity index (χ3v) is 8.44. The van der Waals surface area contributed by atoms with Crippen LogP contribution >= 0.6 is 22.9 Å². The zero-order chi connectivity index (χ0) is 31.0. The van der Waals surface area contributed by atoms with Gasteiger partial charge < -0.3 is 20.9 Å². The number of carbonyl (C=O) groups is 6. The number of thiazole rings is 1. The van der Waals surface area contributed by atoms with Crippen molar-refractivity contribution in [2.24, 2.45) is 0 Å². The van der Waals surface area contributed by atoms with Crippen LogP contribution in [-0.2, 0) is 34.3 Å². The number of urea groups is 1. The maximum absolute atomic E-state index is 13.1. The van der Waals surface area contributed by atoms with Crippen molar-refractivity contribution in [1.29, 1.82) is 0 Å². The molecule has 2 fully saturated rings. The van der Waals surface area contributed by atoms with Crippen molar-refractivity contribution in [3.63, 3.8) is 0 Å². The fourth-order valence-corrected chi connectivity index (χ4v) is 5.75. The molecular weight excluding hydrogens is 641 g/mol. The number of β-lactam (4-membered cyclic amide) rings is 1. The number of piperazine rings is 1. The van der Waals surface area contributed by atoms with E-state index < -0.39 is 64.5 Å². The molecule has 1 aromatic rings. The number of carbonyl (C=O) groups excluding carboxylic acids is 6. The molecule has 2 aliphatic rings. The summed E-state index contributed by atoms with van der Waals surface area (Å²) in [5.74, 6) is -4.99. The molecule has 20 heteroatoms. The second kappa shape index (κ2) is 16.6.